The second-order valence-corrected chi connectivity index (χ2v) is 6.42. The Morgan fingerprint density at radius 1 is 1.14 bits per heavy atom. The van der Waals surface area contributed by atoms with Gasteiger partial charge in [0.1, 0.15) is 17.6 Å². The van der Waals surface area contributed by atoms with E-state index in [1.807, 2.05) is 41.9 Å². The van der Waals surface area contributed by atoms with Crippen molar-refractivity contribution in [2.24, 2.45) is 7.05 Å². The van der Waals surface area contributed by atoms with Crippen LogP contribution in [0.5, 0.6) is 0 Å². The second kappa shape index (κ2) is 7.49. The first-order valence-corrected chi connectivity index (χ1v) is 8.93. The maximum absolute atomic E-state index is 11.6. The summed E-state index contributed by atoms with van der Waals surface area (Å²) in [7, 11) is 3.23. The average molecular weight is 383 g/mol. The van der Waals surface area contributed by atoms with E-state index in [1.165, 1.54) is 7.11 Å². The van der Waals surface area contributed by atoms with Gasteiger partial charge in [-0.1, -0.05) is 24.3 Å². The van der Waals surface area contributed by atoms with Gasteiger partial charge in [0.25, 0.3) is 0 Å². The Hall–Kier alpha value is -4.11. The zero-order chi connectivity index (χ0) is 20.4. The smallest absolute Gasteiger partial charge is 0.337 e. The third-order valence-corrected chi connectivity index (χ3v) is 4.65. The Morgan fingerprint density at radius 2 is 1.90 bits per heavy atom. The molecule has 0 fully saturated rings. The van der Waals surface area contributed by atoms with E-state index in [0.29, 0.717) is 28.5 Å². The summed E-state index contributed by atoms with van der Waals surface area (Å²) >= 11 is 0. The Balaban J connectivity index is 1.66. The summed E-state index contributed by atoms with van der Waals surface area (Å²) in [4.78, 5) is 16.1. The van der Waals surface area contributed by atoms with E-state index in [9.17, 15) is 10.1 Å². The van der Waals surface area contributed by atoms with E-state index in [-0.39, 0.29) is 5.97 Å². The van der Waals surface area contributed by atoms with E-state index < -0.39 is 0 Å². The maximum Gasteiger partial charge on any atom is 0.337 e. The van der Waals surface area contributed by atoms with Gasteiger partial charge in [-0.05, 0) is 36.4 Å². The molecule has 0 aliphatic heterocycles. The van der Waals surface area contributed by atoms with Crippen LogP contribution in [0.4, 0.5) is 0 Å². The zero-order valence-corrected chi connectivity index (χ0v) is 15.9. The molecule has 29 heavy (non-hydrogen) atoms. The number of fused-ring (bicyclic) bond motifs is 1. The zero-order valence-electron chi connectivity index (χ0n) is 15.9. The number of hydrogen-bond acceptors (Lipinski definition) is 5. The Kier molecular flexibility index (Phi) is 4.71. The molecule has 0 saturated carbocycles. The number of esters is 1. The highest BCUT2D eigenvalue weighted by Gasteiger charge is 2.13. The van der Waals surface area contributed by atoms with Crippen molar-refractivity contribution in [1.29, 1.82) is 5.26 Å². The molecule has 2 heterocycles. The van der Waals surface area contributed by atoms with Crippen LogP contribution in [0, 0.1) is 11.3 Å². The maximum atomic E-state index is 11.6. The summed E-state index contributed by atoms with van der Waals surface area (Å²) in [5.41, 5.74) is 3.48. The normalized spacial score (nSPS) is 11.4. The topological polar surface area (TPSA) is 81.0 Å². The molecule has 0 bridgehead atoms. The number of hydrogen-bond donors (Lipinski definition) is 0. The molecule has 0 unspecified atom stereocenters. The van der Waals surface area contributed by atoms with Crippen LogP contribution >= 0.6 is 0 Å². The molecule has 0 spiro atoms. The number of carbonyl (C=O) groups excluding carboxylic acids is 1. The molecule has 2 aromatic carbocycles. The molecule has 4 rings (SSSR count). The van der Waals surface area contributed by atoms with Crippen molar-refractivity contribution in [3.63, 3.8) is 0 Å². The lowest BCUT2D eigenvalue weighted by atomic mass is 10.1. The number of imidazole rings is 1. The van der Waals surface area contributed by atoms with Gasteiger partial charge in [-0.3, -0.25) is 0 Å². The van der Waals surface area contributed by atoms with Gasteiger partial charge in [0.2, 0.25) is 0 Å². The minimum absolute atomic E-state index is 0.388. The van der Waals surface area contributed by atoms with E-state index in [4.69, 9.17) is 9.15 Å². The number of nitrogens with zero attached hydrogens (tertiary/aromatic N) is 3. The summed E-state index contributed by atoms with van der Waals surface area (Å²) in [5, 5.41) is 9.66. The van der Waals surface area contributed by atoms with Crippen LogP contribution in [0.1, 0.15) is 21.9 Å². The van der Waals surface area contributed by atoms with Crippen LogP contribution in [0.25, 0.3) is 34.0 Å². The van der Waals surface area contributed by atoms with Gasteiger partial charge < -0.3 is 13.7 Å². The molecule has 0 radical (unpaired) electrons. The number of methoxy groups -OCH3 is 1. The average Bonchev–Trinajstić information content (AvgIpc) is 3.36. The minimum atomic E-state index is -0.388. The molecular weight excluding hydrogens is 366 g/mol. The standard InChI is InChI=1S/C23H17N3O3/c1-26-20-6-4-3-5-19(20)25-22(26)17(14-24)13-18-11-12-21(29-18)15-7-9-16(10-8-15)23(27)28-2/h3-13H,1-2H3/b17-13-. The molecule has 0 amide bonds. The fourth-order valence-corrected chi connectivity index (χ4v) is 3.15. The van der Waals surface area contributed by atoms with Crippen LogP contribution < -0.4 is 0 Å². The molecule has 2 aromatic heterocycles. The third kappa shape index (κ3) is 3.42. The number of ether oxygens (including phenoxy) is 1. The number of benzene rings is 2. The highest BCUT2D eigenvalue weighted by molar-refractivity contribution is 5.91. The van der Waals surface area contributed by atoms with Crippen molar-refractivity contribution < 1.29 is 13.9 Å². The van der Waals surface area contributed by atoms with Crippen molar-refractivity contribution in [2.45, 2.75) is 0 Å². The van der Waals surface area contributed by atoms with Gasteiger partial charge in [-0.25, -0.2) is 9.78 Å². The molecular formula is C23H17N3O3. The van der Waals surface area contributed by atoms with Crippen LogP contribution in [0.3, 0.4) is 0 Å². The Bertz CT molecular complexity index is 1270. The number of rotatable bonds is 4. The number of nitriles is 1. The van der Waals surface area contributed by atoms with Crippen LogP contribution in [0.15, 0.2) is 65.1 Å². The summed E-state index contributed by atoms with van der Waals surface area (Å²) in [6.07, 6.45) is 1.67. The molecule has 0 aliphatic carbocycles. The number of aromatic nitrogens is 2. The third-order valence-electron chi connectivity index (χ3n) is 4.65. The van der Waals surface area contributed by atoms with E-state index >= 15 is 0 Å². The highest BCUT2D eigenvalue weighted by atomic mass is 16.5. The number of allylic oxidation sites excluding steroid dienone is 1. The van der Waals surface area contributed by atoms with Crippen molar-refractivity contribution >= 4 is 28.7 Å². The molecule has 6 heteroatoms. The number of aryl methyl sites for hydroxylation is 1. The number of para-hydroxylation sites is 2. The lowest BCUT2D eigenvalue weighted by molar-refractivity contribution is 0.0600. The molecule has 0 saturated heterocycles. The van der Waals surface area contributed by atoms with Crippen molar-refractivity contribution in [3.05, 3.63) is 77.8 Å². The predicted molar refractivity (Wildman–Crippen MR) is 110 cm³/mol. The molecule has 6 nitrogen and oxygen atoms in total. The van der Waals surface area contributed by atoms with E-state index in [2.05, 4.69) is 11.1 Å². The van der Waals surface area contributed by atoms with Crippen molar-refractivity contribution in [1.82, 2.24) is 9.55 Å². The fraction of sp³-hybridized carbons (Fsp3) is 0.0870. The Morgan fingerprint density at radius 3 is 2.59 bits per heavy atom. The minimum Gasteiger partial charge on any atom is -0.465 e. The summed E-state index contributed by atoms with van der Waals surface area (Å²) in [6.45, 7) is 0. The van der Waals surface area contributed by atoms with Gasteiger partial charge in [0.05, 0.1) is 29.3 Å². The van der Waals surface area contributed by atoms with Gasteiger partial charge in [-0.2, -0.15) is 5.26 Å². The molecule has 0 N–H and O–H groups in total. The second-order valence-electron chi connectivity index (χ2n) is 6.42. The number of carbonyl (C=O) groups is 1. The van der Waals surface area contributed by atoms with Crippen molar-refractivity contribution in [3.8, 4) is 17.4 Å². The largest absolute Gasteiger partial charge is 0.465 e. The molecule has 4 aromatic rings. The summed E-state index contributed by atoms with van der Waals surface area (Å²) in [5.74, 6) is 1.37. The van der Waals surface area contributed by atoms with Crippen LogP contribution in [-0.4, -0.2) is 22.6 Å². The SMILES string of the molecule is COC(=O)c1ccc(-c2ccc(/C=C(/C#N)c3nc4ccccc4n3C)o2)cc1. The predicted octanol–water partition coefficient (Wildman–Crippen LogP) is 4.68. The van der Waals surface area contributed by atoms with Crippen LogP contribution in [0.2, 0.25) is 0 Å². The van der Waals surface area contributed by atoms with E-state index in [0.717, 1.165) is 16.6 Å². The quantitative estimate of drug-likeness (QED) is 0.377. The van der Waals surface area contributed by atoms with Crippen LogP contribution in [-0.2, 0) is 11.8 Å². The van der Waals surface area contributed by atoms with Gasteiger partial charge in [-0.15, -0.1) is 0 Å². The summed E-state index contributed by atoms with van der Waals surface area (Å²) < 4.78 is 12.5. The van der Waals surface area contributed by atoms with Crippen molar-refractivity contribution in [2.75, 3.05) is 7.11 Å². The molecule has 0 atom stereocenters. The number of furan rings is 1. The lowest BCUT2D eigenvalue weighted by Gasteiger charge is -2.01. The van der Waals surface area contributed by atoms with Gasteiger partial charge in [0.15, 0.2) is 5.82 Å². The Labute approximate surface area is 167 Å². The van der Waals surface area contributed by atoms with Gasteiger partial charge in [0, 0.05) is 18.7 Å². The molecule has 142 valence electrons. The lowest BCUT2D eigenvalue weighted by Crippen LogP contribution is -2.00. The summed E-state index contributed by atoms with van der Waals surface area (Å²) in [6, 6.07) is 20.5. The highest BCUT2D eigenvalue weighted by Crippen LogP contribution is 2.26. The first-order valence-electron chi connectivity index (χ1n) is 8.93. The first-order chi connectivity index (χ1) is 14.1. The fourth-order valence-electron chi connectivity index (χ4n) is 3.15. The first kappa shape index (κ1) is 18.3. The van der Waals surface area contributed by atoms with E-state index in [1.54, 1.807) is 36.4 Å². The van der Waals surface area contributed by atoms with Gasteiger partial charge >= 0.3 is 5.97 Å². The monoisotopic (exact) mass is 383 g/mol. The molecule has 0 aliphatic rings.